The van der Waals surface area contributed by atoms with Gasteiger partial charge in [-0.25, -0.2) is 0 Å². The second-order valence-electron chi connectivity index (χ2n) is 3.09. The molecule has 0 radical (unpaired) electrons. The minimum atomic E-state index is -0.0718. The standard InChI is InChI=1S/C8H13N3O/c1-6(2)3-9-8(12)7-4-10-11-5-7/h4-6H,3H2,1-2H3,(H,9,12)(H,10,11). The fourth-order valence-electron chi connectivity index (χ4n) is 0.774. The highest BCUT2D eigenvalue weighted by atomic mass is 16.1. The Morgan fingerprint density at radius 3 is 3.00 bits per heavy atom. The van der Waals surface area contributed by atoms with Gasteiger partial charge in [-0.15, -0.1) is 0 Å². The molecule has 0 fully saturated rings. The molecule has 0 aliphatic carbocycles. The van der Waals surface area contributed by atoms with Gasteiger partial charge in [0.05, 0.1) is 11.8 Å². The number of aromatic amines is 1. The van der Waals surface area contributed by atoms with Gasteiger partial charge < -0.3 is 5.32 Å². The highest BCUT2D eigenvalue weighted by molar-refractivity contribution is 5.93. The lowest BCUT2D eigenvalue weighted by Crippen LogP contribution is -2.26. The second kappa shape index (κ2) is 3.90. The molecule has 0 unspecified atom stereocenters. The van der Waals surface area contributed by atoms with E-state index >= 15 is 0 Å². The number of carbonyl (C=O) groups is 1. The van der Waals surface area contributed by atoms with Crippen molar-refractivity contribution in [3.8, 4) is 0 Å². The van der Waals surface area contributed by atoms with Crippen LogP contribution in [0.2, 0.25) is 0 Å². The predicted octanol–water partition coefficient (Wildman–Crippen LogP) is 0.795. The van der Waals surface area contributed by atoms with Crippen molar-refractivity contribution in [3.05, 3.63) is 18.0 Å². The lowest BCUT2D eigenvalue weighted by atomic mass is 10.2. The van der Waals surface area contributed by atoms with Crippen molar-refractivity contribution in [2.24, 2.45) is 5.92 Å². The maximum Gasteiger partial charge on any atom is 0.254 e. The molecule has 2 N–H and O–H groups in total. The molecule has 1 rings (SSSR count). The summed E-state index contributed by atoms with van der Waals surface area (Å²) in [6.07, 6.45) is 3.09. The Kier molecular flexibility index (Phi) is 2.85. The van der Waals surface area contributed by atoms with Gasteiger partial charge in [-0.05, 0) is 5.92 Å². The first kappa shape index (κ1) is 8.77. The number of hydrogen-bond donors (Lipinski definition) is 2. The zero-order chi connectivity index (χ0) is 8.97. The molecule has 4 heteroatoms. The van der Waals surface area contributed by atoms with Gasteiger partial charge in [-0.3, -0.25) is 9.89 Å². The van der Waals surface area contributed by atoms with Crippen LogP contribution in [0.1, 0.15) is 24.2 Å². The van der Waals surface area contributed by atoms with Crippen molar-refractivity contribution in [1.82, 2.24) is 15.5 Å². The number of H-pyrrole nitrogens is 1. The quantitative estimate of drug-likeness (QED) is 0.699. The predicted molar refractivity (Wildman–Crippen MR) is 45.8 cm³/mol. The highest BCUT2D eigenvalue weighted by Crippen LogP contribution is 1.94. The molecule has 1 amide bonds. The first-order valence-electron chi connectivity index (χ1n) is 3.97. The Labute approximate surface area is 71.4 Å². The first-order valence-corrected chi connectivity index (χ1v) is 3.97. The summed E-state index contributed by atoms with van der Waals surface area (Å²) in [7, 11) is 0. The van der Waals surface area contributed by atoms with Crippen LogP contribution in [-0.2, 0) is 0 Å². The number of rotatable bonds is 3. The van der Waals surface area contributed by atoms with Crippen molar-refractivity contribution in [2.75, 3.05) is 6.54 Å². The zero-order valence-corrected chi connectivity index (χ0v) is 7.29. The van der Waals surface area contributed by atoms with E-state index in [0.29, 0.717) is 18.0 Å². The molecule has 4 nitrogen and oxygen atoms in total. The van der Waals surface area contributed by atoms with Crippen LogP contribution in [0.5, 0.6) is 0 Å². The van der Waals surface area contributed by atoms with Crippen LogP contribution in [0, 0.1) is 5.92 Å². The number of carbonyl (C=O) groups excluding carboxylic acids is 1. The molecule has 1 aromatic rings. The average molecular weight is 167 g/mol. The van der Waals surface area contributed by atoms with Crippen LogP contribution in [0.25, 0.3) is 0 Å². The van der Waals surface area contributed by atoms with Crippen LogP contribution in [-0.4, -0.2) is 22.6 Å². The molecule has 1 aromatic heterocycles. The number of nitrogens with one attached hydrogen (secondary N) is 2. The van der Waals surface area contributed by atoms with Gasteiger partial charge in [-0.1, -0.05) is 13.8 Å². The first-order chi connectivity index (χ1) is 5.70. The Morgan fingerprint density at radius 2 is 2.50 bits per heavy atom. The van der Waals surface area contributed by atoms with E-state index in [1.807, 2.05) is 0 Å². The fraction of sp³-hybridized carbons (Fsp3) is 0.500. The largest absolute Gasteiger partial charge is 0.352 e. The van der Waals surface area contributed by atoms with Crippen molar-refractivity contribution in [1.29, 1.82) is 0 Å². The smallest absolute Gasteiger partial charge is 0.254 e. The Hall–Kier alpha value is -1.32. The maximum atomic E-state index is 11.2. The lowest BCUT2D eigenvalue weighted by Gasteiger charge is -2.05. The third-order valence-electron chi connectivity index (χ3n) is 1.43. The summed E-state index contributed by atoms with van der Waals surface area (Å²) in [6, 6.07) is 0. The van der Waals surface area contributed by atoms with E-state index in [1.54, 1.807) is 6.20 Å². The van der Waals surface area contributed by atoms with E-state index in [9.17, 15) is 4.79 Å². The molecule has 1 heterocycles. The summed E-state index contributed by atoms with van der Waals surface area (Å²) >= 11 is 0. The van der Waals surface area contributed by atoms with Crippen LogP contribution in [0.15, 0.2) is 12.4 Å². The molecule has 0 aromatic carbocycles. The van der Waals surface area contributed by atoms with Gasteiger partial charge in [0.2, 0.25) is 0 Å². The van der Waals surface area contributed by atoms with Crippen molar-refractivity contribution < 1.29 is 4.79 Å². The minimum absolute atomic E-state index is 0.0718. The van der Waals surface area contributed by atoms with Gasteiger partial charge >= 0.3 is 0 Å². The normalized spacial score (nSPS) is 10.2. The zero-order valence-electron chi connectivity index (χ0n) is 7.29. The molecule has 66 valence electrons. The monoisotopic (exact) mass is 167 g/mol. The summed E-state index contributed by atoms with van der Waals surface area (Å²) in [5, 5.41) is 9.06. The van der Waals surface area contributed by atoms with Crippen molar-refractivity contribution in [2.45, 2.75) is 13.8 Å². The van der Waals surface area contributed by atoms with Gasteiger partial charge in [-0.2, -0.15) is 5.10 Å². The molecule has 0 saturated carbocycles. The number of amides is 1. The van der Waals surface area contributed by atoms with E-state index in [2.05, 4.69) is 29.4 Å². The summed E-state index contributed by atoms with van der Waals surface area (Å²) in [5.41, 5.74) is 0.579. The summed E-state index contributed by atoms with van der Waals surface area (Å²) < 4.78 is 0. The van der Waals surface area contributed by atoms with E-state index in [-0.39, 0.29) is 5.91 Å². The van der Waals surface area contributed by atoms with E-state index in [0.717, 1.165) is 0 Å². The highest BCUT2D eigenvalue weighted by Gasteiger charge is 2.05. The molecular weight excluding hydrogens is 154 g/mol. The minimum Gasteiger partial charge on any atom is -0.352 e. The fourth-order valence-corrected chi connectivity index (χ4v) is 0.774. The summed E-state index contributed by atoms with van der Waals surface area (Å²) in [6.45, 7) is 4.80. The number of nitrogens with zero attached hydrogens (tertiary/aromatic N) is 1. The van der Waals surface area contributed by atoms with Gasteiger partial charge in [0.15, 0.2) is 0 Å². The molecule has 0 atom stereocenters. The van der Waals surface area contributed by atoms with Crippen LogP contribution in [0.4, 0.5) is 0 Å². The Bertz CT molecular complexity index is 241. The van der Waals surface area contributed by atoms with Gasteiger partial charge in [0.25, 0.3) is 5.91 Å². The SMILES string of the molecule is CC(C)CNC(=O)c1cn[nH]c1. The summed E-state index contributed by atoms with van der Waals surface area (Å²) in [5.74, 6) is 0.401. The Balaban J connectivity index is 2.40. The van der Waals surface area contributed by atoms with Crippen LogP contribution >= 0.6 is 0 Å². The average Bonchev–Trinajstić information content (AvgIpc) is 2.51. The van der Waals surface area contributed by atoms with Gasteiger partial charge in [0, 0.05) is 12.7 Å². The number of hydrogen-bond acceptors (Lipinski definition) is 2. The van der Waals surface area contributed by atoms with E-state index in [1.165, 1.54) is 6.20 Å². The van der Waals surface area contributed by atoms with Crippen molar-refractivity contribution in [3.63, 3.8) is 0 Å². The van der Waals surface area contributed by atoms with E-state index in [4.69, 9.17) is 0 Å². The maximum absolute atomic E-state index is 11.2. The van der Waals surface area contributed by atoms with E-state index < -0.39 is 0 Å². The molecular formula is C8H13N3O. The third-order valence-corrected chi connectivity index (χ3v) is 1.43. The third kappa shape index (κ3) is 2.38. The molecule has 0 bridgehead atoms. The van der Waals surface area contributed by atoms with Crippen LogP contribution in [0.3, 0.4) is 0 Å². The molecule has 0 saturated heterocycles. The molecule has 12 heavy (non-hydrogen) atoms. The molecule has 0 aliphatic heterocycles. The topological polar surface area (TPSA) is 57.8 Å². The second-order valence-corrected chi connectivity index (χ2v) is 3.09. The summed E-state index contributed by atoms with van der Waals surface area (Å²) in [4.78, 5) is 11.2. The van der Waals surface area contributed by atoms with Crippen molar-refractivity contribution >= 4 is 5.91 Å². The van der Waals surface area contributed by atoms with Gasteiger partial charge in [0.1, 0.15) is 0 Å². The van der Waals surface area contributed by atoms with Crippen LogP contribution < -0.4 is 5.32 Å². The lowest BCUT2D eigenvalue weighted by molar-refractivity contribution is 0.0949. The molecule has 0 aliphatic rings. The Morgan fingerprint density at radius 1 is 1.75 bits per heavy atom. The number of aromatic nitrogens is 2. The molecule has 0 spiro atoms.